The second kappa shape index (κ2) is 9.83. The van der Waals surface area contributed by atoms with E-state index in [1.807, 2.05) is 5.38 Å². The summed E-state index contributed by atoms with van der Waals surface area (Å²) in [5.41, 5.74) is 0.634. The average Bonchev–Trinajstić information content (AvgIpc) is 2.89. The number of rotatable bonds is 11. The molecule has 0 aliphatic heterocycles. The van der Waals surface area contributed by atoms with E-state index in [0.717, 1.165) is 24.6 Å². The predicted octanol–water partition coefficient (Wildman–Crippen LogP) is 1.47. The topological polar surface area (TPSA) is 71.9 Å². The van der Waals surface area contributed by atoms with Crippen molar-refractivity contribution in [1.29, 1.82) is 0 Å². The normalized spacial score (nSPS) is 12.8. The Kier molecular flexibility index (Phi) is 8.44. The minimum atomic E-state index is -0.846. The van der Waals surface area contributed by atoms with Gasteiger partial charge in [-0.05, 0) is 0 Å². The Balaban J connectivity index is 2.56. The minimum absolute atomic E-state index is 0.0136. The summed E-state index contributed by atoms with van der Waals surface area (Å²) in [5.74, 6) is -0.590. The zero-order valence-electron chi connectivity index (χ0n) is 12.9. The van der Waals surface area contributed by atoms with Crippen molar-refractivity contribution in [2.24, 2.45) is 0 Å². The smallest absolute Gasteiger partial charge is 0.309 e. The van der Waals surface area contributed by atoms with Crippen LogP contribution in [-0.2, 0) is 20.7 Å². The highest BCUT2D eigenvalue weighted by atomic mass is 32.1. The number of ether oxygens (including phenoxy) is 2. The largest absolute Gasteiger partial charge is 0.481 e. The van der Waals surface area contributed by atoms with Crippen LogP contribution in [0.4, 0.5) is 0 Å². The first-order valence-electron chi connectivity index (χ1n) is 6.93. The molecule has 1 aromatic rings. The highest BCUT2D eigenvalue weighted by molar-refractivity contribution is 7.09. The van der Waals surface area contributed by atoms with E-state index in [1.54, 1.807) is 14.2 Å². The summed E-state index contributed by atoms with van der Waals surface area (Å²) in [6.07, 6.45) is -0.0136. The van der Waals surface area contributed by atoms with Gasteiger partial charge < -0.3 is 14.6 Å². The summed E-state index contributed by atoms with van der Waals surface area (Å²) in [5, 5.41) is 11.6. The van der Waals surface area contributed by atoms with E-state index < -0.39 is 5.97 Å². The molecule has 6 nitrogen and oxygen atoms in total. The summed E-state index contributed by atoms with van der Waals surface area (Å²) in [6, 6.07) is 0. The molecule has 0 saturated carbocycles. The number of nitrogens with zero attached hydrogens (tertiary/aromatic N) is 2. The Labute approximate surface area is 129 Å². The molecule has 0 fully saturated rings. The van der Waals surface area contributed by atoms with Crippen molar-refractivity contribution in [2.45, 2.75) is 19.3 Å². The maximum absolute atomic E-state index is 10.7. The van der Waals surface area contributed by atoms with Gasteiger partial charge in [0.15, 0.2) is 0 Å². The highest BCUT2D eigenvalue weighted by Crippen LogP contribution is 2.21. The molecular formula is C14H24N2O4S. The zero-order valence-corrected chi connectivity index (χ0v) is 13.7. The zero-order chi connectivity index (χ0) is 15.7. The summed E-state index contributed by atoms with van der Waals surface area (Å²) in [7, 11) is 3.38. The maximum Gasteiger partial charge on any atom is 0.309 e. The molecule has 7 heteroatoms. The number of carbonyl (C=O) groups is 1. The summed E-state index contributed by atoms with van der Waals surface area (Å²) >= 11 is 1.53. The van der Waals surface area contributed by atoms with Crippen molar-refractivity contribution in [1.82, 2.24) is 9.88 Å². The van der Waals surface area contributed by atoms with Gasteiger partial charge in [0.2, 0.25) is 0 Å². The monoisotopic (exact) mass is 316 g/mol. The number of carboxylic acids is 1. The number of thiazole rings is 1. The molecule has 0 aromatic carbocycles. The van der Waals surface area contributed by atoms with Gasteiger partial charge in [0.05, 0.1) is 30.3 Å². The van der Waals surface area contributed by atoms with Crippen molar-refractivity contribution in [2.75, 3.05) is 47.1 Å². The quantitative estimate of drug-likeness (QED) is 0.666. The van der Waals surface area contributed by atoms with Crippen LogP contribution < -0.4 is 0 Å². The summed E-state index contributed by atoms with van der Waals surface area (Å²) < 4.78 is 10.3. The molecule has 0 bridgehead atoms. The second-order valence-corrected chi connectivity index (χ2v) is 5.82. The first kappa shape index (κ1) is 18.0. The number of aliphatic carboxylic acids is 1. The number of aromatic nitrogens is 1. The molecule has 0 amide bonds. The van der Waals surface area contributed by atoms with Gasteiger partial charge in [0, 0.05) is 45.2 Å². The van der Waals surface area contributed by atoms with Crippen LogP contribution in [0.2, 0.25) is 0 Å². The third-order valence-corrected chi connectivity index (χ3v) is 4.20. The lowest BCUT2D eigenvalue weighted by Crippen LogP contribution is -2.33. The molecule has 0 aliphatic carbocycles. The van der Waals surface area contributed by atoms with Gasteiger partial charge in [0.25, 0.3) is 0 Å². The van der Waals surface area contributed by atoms with Crippen LogP contribution in [0, 0.1) is 0 Å². The Morgan fingerprint density at radius 3 is 2.52 bits per heavy atom. The number of carboxylic acid groups (broad SMARTS) is 1. The molecule has 21 heavy (non-hydrogen) atoms. The first-order chi connectivity index (χ1) is 10.1. The van der Waals surface area contributed by atoms with Crippen molar-refractivity contribution in [3.63, 3.8) is 0 Å². The molecule has 1 unspecified atom stereocenters. The van der Waals surface area contributed by atoms with Crippen molar-refractivity contribution < 1.29 is 19.4 Å². The SMILES string of the molecule is COCCN(CCOC)CC(C)c1nc(CC(=O)O)cs1. The molecule has 0 aliphatic rings. The Hall–Kier alpha value is -1.02. The molecule has 1 rings (SSSR count). The second-order valence-electron chi connectivity index (χ2n) is 4.93. The van der Waals surface area contributed by atoms with E-state index in [4.69, 9.17) is 14.6 Å². The van der Waals surface area contributed by atoms with Crippen molar-refractivity contribution >= 4 is 17.3 Å². The van der Waals surface area contributed by atoms with Gasteiger partial charge in [-0.15, -0.1) is 11.3 Å². The lowest BCUT2D eigenvalue weighted by molar-refractivity contribution is -0.136. The standard InChI is InChI=1S/C14H24N2O4S/c1-11(9-16(4-6-19-2)5-7-20-3)14-15-12(10-21-14)8-13(17)18/h10-11H,4-9H2,1-3H3,(H,17,18). The number of hydrogen-bond donors (Lipinski definition) is 1. The minimum Gasteiger partial charge on any atom is -0.481 e. The van der Waals surface area contributed by atoms with Crippen molar-refractivity contribution in [3.8, 4) is 0 Å². The fourth-order valence-corrected chi connectivity index (χ4v) is 2.86. The third-order valence-electron chi connectivity index (χ3n) is 3.08. The molecular weight excluding hydrogens is 292 g/mol. The molecule has 1 aromatic heterocycles. The maximum atomic E-state index is 10.7. The van der Waals surface area contributed by atoms with E-state index in [0.29, 0.717) is 18.9 Å². The molecule has 0 radical (unpaired) electrons. The van der Waals surface area contributed by atoms with Crippen LogP contribution in [0.5, 0.6) is 0 Å². The molecule has 0 spiro atoms. The van der Waals surface area contributed by atoms with E-state index in [9.17, 15) is 4.79 Å². The van der Waals surface area contributed by atoms with Gasteiger partial charge in [-0.1, -0.05) is 6.92 Å². The summed E-state index contributed by atoms with van der Waals surface area (Å²) in [4.78, 5) is 17.4. The Morgan fingerprint density at radius 2 is 2.00 bits per heavy atom. The molecule has 1 atom stereocenters. The van der Waals surface area contributed by atoms with Crippen molar-refractivity contribution in [3.05, 3.63) is 16.1 Å². The van der Waals surface area contributed by atoms with Gasteiger partial charge in [-0.3, -0.25) is 9.69 Å². The van der Waals surface area contributed by atoms with Gasteiger partial charge in [0.1, 0.15) is 0 Å². The lowest BCUT2D eigenvalue weighted by atomic mass is 10.2. The van der Waals surface area contributed by atoms with E-state index in [1.165, 1.54) is 11.3 Å². The van der Waals surface area contributed by atoms with E-state index >= 15 is 0 Å². The van der Waals surface area contributed by atoms with Crippen LogP contribution in [0.1, 0.15) is 23.5 Å². The molecule has 0 saturated heterocycles. The lowest BCUT2D eigenvalue weighted by Gasteiger charge is -2.24. The van der Waals surface area contributed by atoms with Crippen LogP contribution in [-0.4, -0.2) is 68.0 Å². The molecule has 1 heterocycles. The number of hydrogen-bond acceptors (Lipinski definition) is 6. The highest BCUT2D eigenvalue weighted by Gasteiger charge is 2.16. The number of methoxy groups -OCH3 is 2. The molecule has 1 N–H and O–H groups in total. The van der Waals surface area contributed by atoms with E-state index in [2.05, 4.69) is 16.8 Å². The van der Waals surface area contributed by atoms with Crippen LogP contribution in [0.15, 0.2) is 5.38 Å². The molecule has 120 valence electrons. The fourth-order valence-electron chi connectivity index (χ4n) is 1.99. The van der Waals surface area contributed by atoms with Crippen LogP contribution >= 0.6 is 11.3 Å². The van der Waals surface area contributed by atoms with Gasteiger partial charge >= 0.3 is 5.97 Å². The first-order valence-corrected chi connectivity index (χ1v) is 7.81. The van der Waals surface area contributed by atoms with Gasteiger partial charge in [-0.25, -0.2) is 4.98 Å². The summed E-state index contributed by atoms with van der Waals surface area (Å²) in [6.45, 7) is 6.01. The Bertz CT molecular complexity index is 417. The average molecular weight is 316 g/mol. The Morgan fingerprint density at radius 1 is 1.38 bits per heavy atom. The predicted molar refractivity (Wildman–Crippen MR) is 82.1 cm³/mol. The van der Waals surface area contributed by atoms with Crippen LogP contribution in [0.3, 0.4) is 0 Å². The van der Waals surface area contributed by atoms with Crippen LogP contribution in [0.25, 0.3) is 0 Å². The van der Waals surface area contributed by atoms with Gasteiger partial charge in [-0.2, -0.15) is 0 Å². The third kappa shape index (κ3) is 6.99. The fraction of sp³-hybridized carbons (Fsp3) is 0.714. The van der Waals surface area contributed by atoms with E-state index in [-0.39, 0.29) is 12.3 Å².